The summed E-state index contributed by atoms with van der Waals surface area (Å²) in [6.45, 7) is 3.31. The number of carbonyl (C=O) groups is 1. The Morgan fingerprint density at radius 2 is 2.07 bits per heavy atom. The number of benzene rings is 1. The van der Waals surface area contributed by atoms with Crippen molar-refractivity contribution in [2.75, 3.05) is 7.11 Å². The van der Waals surface area contributed by atoms with Gasteiger partial charge in [0.15, 0.2) is 0 Å². The number of hydrogen-bond donors (Lipinski definition) is 0. The fourth-order valence-electron chi connectivity index (χ4n) is 1.02. The van der Waals surface area contributed by atoms with E-state index >= 15 is 0 Å². The number of rotatable bonds is 4. The predicted octanol–water partition coefficient (Wildman–Crippen LogP) is 2.06. The Balaban J connectivity index is 2.72. The largest absolute Gasteiger partial charge is 0.428 e. The Hall–Kier alpha value is -1.61. The quantitative estimate of drug-likeness (QED) is 0.416. The minimum atomic E-state index is -0.665. The molecule has 1 aromatic rings. The molecule has 0 aliphatic heterocycles. The summed E-state index contributed by atoms with van der Waals surface area (Å²) in [5.41, 5.74) is 0.796. The van der Waals surface area contributed by atoms with Gasteiger partial charge in [0.1, 0.15) is 0 Å². The van der Waals surface area contributed by atoms with E-state index in [1.54, 1.807) is 0 Å². The van der Waals surface area contributed by atoms with E-state index < -0.39 is 12.3 Å². The zero-order valence-electron chi connectivity index (χ0n) is 7.97. The van der Waals surface area contributed by atoms with Crippen LogP contribution < -0.4 is 0 Å². The van der Waals surface area contributed by atoms with E-state index in [2.05, 4.69) is 6.58 Å². The second kappa shape index (κ2) is 5.19. The van der Waals surface area contributed by atoms with E-state index in [4.69, 9.17) is 9.47 Å². The molecule has 0 spiro atoms. The van der Waals surface area contributed by atoms with Crippen LogP contribution in [0.25, 0.3) is 0 Å². The lowest BCUT2D eigenvalue weighted by molar-refractivity contribution is -0.169. The van der Waals surface area contributed by atoms with Crippen molar-refractivity contribution in [1.82, 2.24) is 0 Å². The van der Waals surface area contributed by atoms with Gasteiger partial charge in [-0.2, -0.15) is 0 Å². The molecule has 0 bridgehead atoms. The standard InChI is InChI=1S/C11H12O3/c1-3-10(12)14-11(13-2)9-7-5-4-6-8-9/h3-8,11H,1H2,2H3. The maximum atomic E-state index is 10.9. The molecule has 0 saturated heterocycles. The Kier molecular flexibility index (Phi) is 3.88. The van der Waals surface area contributed by atoms with Crippen molar-refractivity contribution in [3.05, 3.63) is 48.6 Å². The Morgan fingerprint density at radius 3 is 2.57 bits per heavy atom. The van der Waals surface area contributed by atoms with Gasteiger partial charge in [0.25, 0.3) is 0 Å². The topological polar surface area (TPSA) is 35.5 Å². The van der Waals surface area contributed by atoms with Crippen molar-refractivity contribution in [3.63, 3.8) is 0 Å². The van der Waals surface area contributed by atoms with Crippen molar-refractivity contribution in [3.8, 4) is 0 Å². The summed E-state index contributed by atoms with van der Waals surface area (Å²) in [5, 5.41) is 0. The van der Waals surface area contributed by atoms with Gasteiger partial charge in [-0.15, -0.1) is 0 Å². The highest BCUT2D eigenvalue weighted by molar-refractivity contribution is 5.81. The molecule has 74 valence electrons. The lowest BCUT2D eigenvalue weighted by Crippen LogP contribution is -2.10. The van der Waals surface area contributed by atoms with E-state index in [1.165, 1.54) is 7.11 Å². The maximum Gasteiger partial charge on any atom is 0.332 e. The summed E-state index contributed by atoms with van der Waals surface area (Å²) in [5.74, 6) is -0.499. The summed E-state index contributed by atoms with van der Waals surface area (Å²) in [6.07, 6.45) is 0.441. The van der Waals surface area contributed by atoms with Crippen LogP contribution in [0.5, 0.6) is 0 Å². The first kappa shape index (κ1) is 10.5. The van der Waals surface area contributed by atoms with Crippen LogP contribution in [0.1, 0.15) is 11.9 Å². The lowest BCUT2D eigenvalue weighted by Gasteiger charge is -2.14. The summed E-state index contributed by atoms with van der Waals surface area (Å²) in [7, 11) is 1.48. The van der Waals surface area contributed by atoms with Crippen LogP contribution in [0, 0.1) is 0 Å². The highest BCUT2D eigenvalue weighted by Gasteiger charge is 2.12. The molecule has 0 aliphatic rings. The molecule has 3 nitrogen and oxygen atoms in total. The molecule has 1 rings (SSSR count). The van der Waals surface area contributed by atoms with Gasteiger partial charge in [-0.05, 0) is 0 Å². The Labute approximate surface area is 83.0 Å². The molecule has 1 unspecified atom stereocenters. The summed E-state index contributed by atoms with van der Waals surface area (Å²) >= 11 is 0. The molecule has 0 saturated carbocycles. The molecule has 0 amide bonds. The molecule has 1 atom stereocenters. The predicted molar refractivity (Wildman–Crippen MR) is 52.5 cm³/mol. The molecule has 0 heterocycles. The van der Waals surface area contributed by atoms with Crippen LogP contribution >= 0.6 is 0 Å². The van der Waals surface area contributed by atoms with E-state index in [0.29, 0.717) is 0 Å². The van der Waals surface area contributed by atoms with E-state index in [1.807, 2.05) is 30.3 Å². The average molecular weight is 192 g/mol. The number of carbonyl (C=O) groups excluding carboxylic acids is 1. The van der Waals surface area contributed by atoms with Crippen molar-refractivity contribution < 1.29 is 14.3 Å². The molecule has 3 heteroatoms. The zero-order valence-corrected chi connectivity index (χ0v) is 7.97. The van der Waals surface area contributed by atoms with Gasteiger partial charge >= 0.3 is 5.97 Å². The van der Waals surface area contributed by atoms with Gasteiger partial charge in [-0.3, -0.25) is 0 Å². The molecular weight excluding hydrogens is 180 g/mol. The van der Waals surface area contributed by atoms with Gasteiger partial charge in [-0.1, -0.05) is 36.9 Å². The van der Waals surface area contributed by atoms with Crippen LogP contribution in [0.15, 0.2) is 43.0 Å². The summed E-state index contributed by atoms with van der Waals surface area (Å²) < 4.78 is 9.97. The number of ether oxygens (including phenoxy) is 2. The minimum absolute atomic E-state index is 0.499. The summed E-state index contributed by atoms with van der Waals surface area (Å²) in [4.78, 5) is 10.9. The average Bonchev–Trinajstić information content (AvgIpc) is 2.26. The highest BCUT2D eigenvalue weighted by Crippen LogP contribution is 2.17. The Morgan fingerprint density at radius 1 is 1.43 bits per heavy atom. The SMILES string of the molecule is C=CC(=O)OC(OC)c1ccccc1. The third-order valence-electron chi connectivity index (χ3n) is 1.68. The minimum Gasteiger partial charge on any atom is -0.428 e. The van der Waals surface area contributed by atoms with E-state index in [-0.39, 0.29) is 0 Å². The maximum absolute atomic E-state index is 10.9. The number of hydrogen-bond acceptors (Lipinski definition) is 3. The first-order valence-electron chi connectivity index (χ1n) is 4.18. The van der Waals surface area contributed by atoms with E-state index in [0.717, 1.165) is 11.6 Å². The molecule has 14 heavy (non-hydrogen) atoms. The molecule has 0 N–H and O–H groups in total. The molecule has 0 aliphatic carbocycles. The van der Waals surface area contributed by atoms with Crippen LogP contribution in [0.4, 0.5) is 0 Å². The van der Waals surface area contributed by atoms with Crippen molar-refractivity contribution >= 4 is 5.97 Å². The third kappa shape index (κ3) is 2.71. The van der Waals surface area contributed by atoms with Crippen LogP contribution in [-0.2, 0) is 14.3 Å². The zero-order chi connectivity index (χ0) is 10.4. The van der Waals surface area contributed by atoms with Crippen molar-refractivity contribution in [2.24, 2.45) is 0 Å². The third-order valence-corrected chi connectivity index (χ3v) is 1.68. The second-order valence-corrected chi connectivity index (χ2v) is 2.62. The first-order chi connectivity index (χ1) is 6.77. The first-order valence-corrected chi connectivity index (χ1v) is 4.18. The Bertz CT molecular complexity index is 306. The summed E-state index contributed by atoms with van der Waals surface area (Å²) in [6, 6.07) is 9.23. The monoisotopic (exact) mass is 192 g/mol. The van der Waals surface area contributed by atoms with Crippen molar-refractivity contribution in [2.45, 2.75) is 6.29 Å². The molecular formula is C11H12O3. The van der Waals surface area contributed by atoms with Gasteiger partial charge < -0.3 is 9.47 Å². The van der Waals surface area contributed by atoms with Gasteiger partial charge in [-0.25, -0.2) is 4.79 Å². The highest BCUT2D eigenvalue weighted by atomic mass is 16.7. The number of esters is 1. The molecule has 0 radical (unpaired) electrons. The van der Waals surface area contributed by atoms with E-state index in [9.17, 15) is 4.79 Å². The van der Waals surface area contributed by atoms with Crippen LogP contribution in [-0.4, -0.2) is 13.1 Å². The second-order valence-electron chi connectivity index (χ2n) is 2.62. The smallest absolute Gasteiger partial charge is 0.332 e. The van der Waals surface area contributed by atoms with Crippen molar-refractivity contribution in [1.29, 1.82) is 0 Å². The lowest BCUT2D eigenvalue weighted by atomic mass is 10.2. The van der Waals surface area contributed by atoms with Gasteiger partial charge in [0.2, 0.25) is 6.29 Å². The normalized spacial score (nSPS) is 11.8. The number of methoxy groups -OCH3 is 1. The van der Waals surface area contributed by atoms with Gasteiger partial charge in [0.05, 0.1) is 0 Å². The molecule has 0 fully saturated rings. The molecule has 0 aromatic heterocycles. The van der Waals surface area contributed by atoms with Crippen LogP contribution in [0.3, 0.4) is 0 Å². The van der Waals surface area contributed by atoms with Gasteiger partial charge in [0, 0.05) is 18.7 Å². The molecule has 1 aromatic carbocycles. The van der Waals surface area contributed by atoms with Crippen LogP contribution in [0.2, 0.25) is 0 Å². The fourth-order valence-corrected chi connectivity index (χ4v) is 1.02. The fraction of sp³-hybridized carbons (Fsp3) is 0.182.